The minimum absolute atomic E-state index is 0. The minimum Gasteiger partial charge on any atom is -0.377 e. The van der Waals surface area contributed by atoms with E-state index in [-0.39, 0.29) is 45.9 Å². The minimum atomic E-state index is -1.02. The van der Waals surface area contributed by atoms with E-state index in [1.54, 1.807) is 0 Å². The van der Waals surface area contributed by atoms with Gasteiger partial charge in [-0.05, 0) is 45.9 Å². The Bertz CT molecular complexity index is 2190. The van der Waals surface area contributed by atoms with Crippen LogP contribution in [0.3, 0.4) is 0 Å². The van der Waals surface area contributed by atoms with Crippen LogP contribution < -0.4 is 0 Å². The summed E-state index contributed by atoms with van der Waals surface area (Å²) in [4.78, 5) is 0. The number of hydrogen-bond acceptors (Lipinski definition) is 9. The molecule has 2 aliphatic heterocycles. The van der Waals surface area contributed by atoms with Crippen molar-refractivity contribution in [1.29, 1.82) is 0 Å². The summed E-state index contributed by atoms with van der Waals surface area (Å²) < 4.78 is 61.9. The fraction of sp³-hybridized carbons (Fsp3) is 0.327. The van der Waals surface area contributed by atoms with Gasteiger partial charge >= 0.3 is 0 Å². The molecule has 0 saturated carbocycles. The first-order valence-electron chi connectivity index (χ1n) is 22.3. The molecule has 0 aliphatic carbocycles. The Labute approximate surface area is 409 Å². The van der Waals surface area contributed by atoms with Crippen molar-refractivity contribution in [3.8, 4) is 0 Å². The van der Waals surface area contributed by atoms with Crippen LogP contribution in [0.4, 0.5) is 0 Å². The van der Waals surface area contributed by atoms with Gasteiger partial charge in [0.1, 0.15) is 30.5 Å². The van der Waals surface area contributed by atoms with Crippen LogP contribution in [-0.2, 0) is 115 Å². The average Bonchev–Trinajstić information content (AvgIpc) is 3.35. The van der Waals surface area contributed by atoms with Crippen LogP contribution in [0.25, 0.3) is 0 Å². The third-order valence-electron chi connectivity index (χ3n) is 11.6. The Morgan fingerprint density at radius 1 is 0.354 bits per heavy atom. The molecule has 2 heterocycles. The Morgan fingerprint density at radius 3 is 0.938 bits per heavy atom. The summed E-state index contributed by atoms with van der Waals surface area (Å²) in [5.41, 5.74) is 6.06. The summed E-state index contributed by atoms with van der Waals surface area (Å²) in [7, 11) is 0. The molecule has 2 saturated heterocycles. The van der Waals surface area contributed by atoms with Crippen LogP contribution in [-0.4, -0.2) is 61.4 Å². The van der Waals surface area contributed by atoms with Crippen molar-refractivity contribution in [1.82, 2.24) is 0 Å². The SMILES string of the molecule is [CH2-]C1O[C@@H](O[C@@H]2OC(CC)[C@H](OCc3ccccc3)[C@H](OCc3ccccc3)C2OCc2ccccc2)C(OCc2ccccc2)[C@@H](OCc2ccccc2)[C@H]1OCc1ccccc1.[Y]. The normalized spacial score (nSPS) is 25.4. The molecule has 10 atom stereocenters. The van der Waals surface area contributed by atoms with Gasteiger partial charge < -0.3 is 49.6 Å². The molecule has 2 aliphatic rings. The third-order valence-corrected chi connectivity index (χ3v) is 11.6. The van der Waals surface area contributed by atoms with Gasteiger partial charge in [-0.2, -0.15) is 0 Å². The first kappa shape index (κ1) is 49.0. The summed E-state index contributed by atoms with van der Waals surface area (Å²) in [6, 6.07) is 60.4. The monoisotopic (exact) mass is 952 g/mol. The third kappa shape index (κ3) is 14.0. The van der Waals surface area contributed by atoms with Crippen molar-refractivity contribution in [2.45, 2.75) is 114 Å². The molecule has 0 spiro atoms. The fourth-order valence-corrected chi connectivity index (χ4v) is 8.17. The molecule has 6 aromatic carbocycles. The van der Waals surface area contributed by atoms with Gasteiger partial charge in [0.2, 0.25) is 0 Å². The topological polar surface area (TPSA) is 83.1 Å². The molecule has 10 heteroatoms. The van der Waals surface area contributed by atoms with Gasteiger partial charge in [0.05, 0.1) is 51.8 Å². The van der Waals surface area contributed by atoms with Crippen molar-refractivity contribution in [3.63, 3.8) is 0 Å². The summed E-state index contributed by atoms with van der Waals surface area (Å²) in [5.74, 6) is 0. The maximum atomic E-state index is 7.12. The maximum Gasteiger partial charge on any atom is 0.190 e. The molecular formula is C55H59O9Y-. The van der Waals surface area contributed by atoms with Crippen LogP contribution >= 0.6 is 0 Å². The van der Waals surface area contributed by atoms with Gasteiger partial charge in [-0.3, -0.25) is 0 Å². The Morgan fingerprint density at radius 2 is 0.615 bits per heavy atom. The zero-order valence-corrected chi connectivity index (χ0v) is 39.8. The van der Waals surface area contributed by atoms with E-state index in [1.807, 2.05) is 158 Å². The molecule has 65 heavy (non-hydrogen) atoms. The Balaban J connectivity index is 0.00000630. The van der Waals surface area contributed by atoms with Crippen LogP contribution in [0.1, 0.15) is 46.7 Å². The number of hydrogen-bond donors (Lipinski definition) is 0. The second-order valence-corrected chi connectivity index (χ2v) is 16.2. The van der Waals surface area contributed by atoms with Crippen molar-refractivity contribution < 1.29 is 75.3 Å². The molecule has 6 aromatic rings. The molecule has 4 unspecified atom stereocenters. The van der Waals surface area contributed by atoms with Crippen molar-refractivity contribution in [3.05, 3.63) is 222 Å². The van der Waals surface area contributed by atoms with Gasteiger partial charge in [0.15, 0.2) is 12.6 Å². The van der Waals surface area contributed by atoms with Crippen LogP contribution in [0.5, 0.6) is 0 Å². The second kappa shape index (κ2) is 25.8. The average molecular weight is 953 g/mol. The van der Waals surface area contributed by atoms with E-state index < -0.39 is 61.4 Å². The molecule has 0 N–H and O–H groups in total. The molecule has 2 fully saturated rings. The number of ether oxygens (including phenoxy) is 9. The molecule has 337 valence electrons. The molecule has 0 aromatic heterocycles. The number of benzene rings is 6. The molecule has 1 radical (unpaired) electrons. The summed E-state index contributed by atoms with van der Waals surface area (Å²) in [6.45, 7) is 8.42. The maximum absolute atomic E-state index is 7.12. The van der Waals surface area contributed by atoms with E-state index in [9.17, 15) is 0 Å². The molecule has 0 amide bonds. The Kier molecular flexibility index (Phi) is 19.5. The smallest absolute Gasteiger partial charge is 0.190 e. The largest absolute Gasteiger partial charge is 0.377 e. The van der Waals surface area contributed by atoms with Crippen LogP contribution in [0, 0.1) is 6.92 Å². The van der Waals surface area contributed by atoms with Crippen LogP contribution in [0.15, 0.2) is 182 Å². The predicted molar refractivity (Wildman–Crippen MR) is 244 cm³/mol. The van der Waals surface area contributed by atoms with Gasteiger partial charge in [0, 0.05) is 32.7 Å². The quantitative estimate of drug-likeness (QED) is 0.0655. The van der Waals surface area contributed by atoms with Crippen molar-refractivity contribution in [2.75, 3.05) is 0 Å². The van der Waals surface area contributed by atoms with Crippen molar-refractivity contribution in [2.24, 2.45) is 0 Å². The van der Waals surface area contributed by atoms with Gasteiger partial charge in [0.25, 0.3) is 0 Å². The van der Waals surface area contributed by atoms with E-state index in [2.05, 4.69) is 38.1 Å². The Hall–Kier alpha value is -3.94. The first-order valence-corrected chi connectivity index (χ1v) is 22.3. The first-order chi connectivity index (χ1) is 31.6. The van der Waals surface area contributed by atoms with E-state index >= 15 is 0 Å². The summed E-state index contributed by atoms with van der Waals surface area (Å²) in [5, 5.41) is 0. The zero-order chi connectivity index (χ0) is 43.8. The van der Waals surface area contributed by atoms with E-state index in [1.165, 1.54) is 0 Å². The van der Waals surface area contributed by atoms with Gasteiger partial charge in [-0.15, -0.1) is 0 Å². The second-order valence-electron chi connectivity index (χ2n) is 16.2. The standard InChI is InChI=1S/C55H59O9.Y/c1-3-47-49(57-35-42-24-12-5-13-25-42)51(59-37-44-28-16-7-17-29-44)53(61-39-46-32-20-9-21-33-46)55(63-47)64-54-52(60-38-45-30-18-8-19-31-45)50(58-36-43-26-14-6-15-27-43)48(40(2)62-54)56-34-41-22-10-4-11-23-41;/h4-33,40,47-55H,2-3,34-39H2,1H3;/q-1;/t40?,47?,48-,49-,50-,51-,52?,53?,54-,55-;/m0./s1. The molecule has 9 nitrogen and oxygen atoms in total. The fourth-order valence-electron chi connectivity index (χ4n) is 8.17. The van der Waals surface area contributed by atoms with Gasteiger partial charge in [-0.1, -0.05) is 189 Å². The van der Waals surface area contributed by atoms with E-state index in [0.29, 0.717) is 32.8 Å². The van der Waals surface area contributed by atoms with Crippen molar-refractivity contribution >= 4 is 0 Å². The van der Waals surface area contributed by atoms with Gasteiger partial charge in [-0.25, -0.2) is 0 Å². The summed E-state index contributed by atoms with van der Waals surface area (Å²) >= 11 is 0. The number of rotatable bonds is 21. The molecule has 0 bridgehead atoms. The molecule has 8 rings (SSSR count). The van der Waals surface area contributed by atoms with E-state index in [0.717, 1.165) is 33.4 Å². The summed E-state index contributed by atoms with van der Waals surface area (Å²) in [6.07, 6.45) is -6.52. The van der Waals surface area contributed by atoms with Crippen LogP contribution in [0.2, 0.25) is 0 Å². The van der Waals surface area contributed by atoms with E-state index in [4.69, 9.17) is 42.6 Å². The zero-order valence-electron chi connectivity index (χ0n) is 37.0. The predicted octanol–water partition coefficient (Wildman–Crippen LogP) is 10.2. The molecular weight excluding hydrogens is 894 g/mol.